The normalized spacial score (nSPS) is 30.3. The summed E-state index contributed by atoms with van der Waals surface area (Å²) in [5.74, 6) is -0.379. The molecule has 1 unspecified atom stereocenters. The molecule has 0 aromatic carbocycles. The summed E-state index contributed by atoms with van der Waals surface area (Å²) < 4.78 is 25.9. The summed E-state index contributed by atoms with van der Waals surface area (Å²) in [5, 5.41) is 0.539. The van der Waals surface area contributed by atoms with Crippen molar-refractivity contribution >= 4 is 15.9 Å². The van der Waals surface area contributed by atoms with Crippen LogP contribution < -0.4 is 0 Å². The maximum Gasteiger partial charge on any atom is 0.150 e. The Balaban J connectivity index is 2.68. The first-order valence-corrected chi connectivity index (χ1v) is 4.58. The lowest BCUT2D eigenvalue weighted by Gasteiger charge is -2.18. The predicted octanol–water partition coefficient (Wildman–Crippen LogP) is 3.29. The minimum absolute atomic E-state index is 0.230. The van der Waals surface area contributed by atoms with Gasteiger partial charge in [0.05, 0.1) is 0 Å². The Kier molecular flexibility index (Phi) is 2.82. The molecule has 1 aliphatic rings. The van der Waals surface area contributed by atoms with E-state index in [9.17, 15) is 8.78 Å². The quantitative estimate of drug-likeness (QED) is 0.497. The monoisotopic (exact) mass is 222 g/mol. The predicted molar refractivity (Wildman–Crippen MR) is 45.2 cm³/mol. The van der Waals surface area contributed by atoms with E-state index in [1.54, 1.807) is 0 Å². The highest BCUT2D eigenvalue weighted by molar-refractivity contribution is 9.09. The highest BCUT2D eigenvalue weighted by atomic mass is 79.9. The summed E-state index contributed by atoms with van der Waals surface area (Å²) in [6.07, 6.45) is 4.51. The molecule has 0 heterocycles. The van der Waals surface area contributed by atoms with Crippen molar-refractivity contribution in [3.63, 3.8) is 0 Å². The second-order valence-corrected chi connectivity index (χ2v) is 3.36. The summed E-state index contributed by atoms with van der Waals surface area (Å²) in [4.78, 5) is 0. The number of hydrogen-bond donors (Lipinski definition) is 0. The summed E-state index contributed by atoms with van der Waals surface area (Å²) >= 11 is 3.11. The molecule has 0 saturated carbocycles. The molecular weight excluding hydrogens is 214 g/mol. The van der Waals surface area contributed by atoms with E-state index < -0.39 is 5.67 Å². The molecule has 0 aromatic rings. The van der Waals surface area contributed by atoms with Gasteiger partial charge in [0, 0.05) is 11.8 Å². The molecule has 11 heavy (non-hydrogen) atoms. The smallest absolute Gasteiger partial charge is 0.150 e. The Labute approximate surface area is 73.1 Å². The van der Waals surface area contributed by atoms with Crippen LogP contribution in [0.5, 0.6) is 0 Å². The Bertz CT molecular complexity index is 198. The van der Waals surface area contributed by atoms with Crippen LogP contribution in [0.15, 0.2) is 24.1 Å². The van der Waals surface area contributed by atoms with Crippen molar-refractivity contribution < 1.29 is 8.78 Å². The van der Waals surface area contributed by atoms with Crippen molar-refractivity contribution in [2.75, 3.05) is 5.33 Å². The van der Waals surface area contributed by atoms with E-state index in [2.05, 4.69) is 15.9 Å². The van der Waals surface area contributed by atoms with Gasteiger partial charge in [-0.2, -0.15) is 0 Å². The lowest BCUT2D eigenvalue weighted by Crippen LogP contribution is -2.19. The molecule has 62 valence electrons. The van der Waals surface area contributed by atoms with Crippen LogP contribution in [0.4, 0.5) is 8.78 Å². The SMILES string of the molecule is FC1=CC(F)(CCBr)C=CC1. The Morgan fingerprint density at radius 1 is 1.64 bits per heavy atom. The first kappa shape index (κ1) is 8.91. The van der Waals surface area contributed by atoms with Gasteiger partial charge in [0.15, 0.2) is 5.67 Å². The number of halogens is 3. The van der Waals surface area contributed by atoms with Gasteiger partial charge in [-0.3, -0.25) is 0 Å². The van der Waals surface area contributed by atoms with E-state index in [1.165, 1.54) is 12.2 Å². The van der Waals surface area contributed by atoms with E-state index in [4.69, 9.17) is 0 Å². The van der Waals surface area contributed by atoms with Gasteiger partial charge in [-0.25, -0.2) is 8.78 Å². The molecular formula is C8H9BrF2. The van der Waals surface area contributed by atoms with Gasteiger partial charge in [0.2, 0.25) is 0 Å². The molecule has 0 radical (unpaired) electrons. The zero-order valence-electron chi connectivity index (χ0n) is 5.99. The standard InChI is InChI=1S/C8H9BrF2/c9-5-4-8(11)3-1-2-7(10)6-8/h1,3,6H,2,4-5H2. The van der Waals surface area contributed by atoms with E-state index in [0.29, 0.717) is 5.33 Å². The fraction of sp³-hybridized carbons (Fsp3) is 0.500. The van der Waals surface area contributed by atoms with Gasteiger partial charge >= 0.3 is 0 Å². The zero-order chi connectivity index (χ0) is 8.32. The van der Waals surface area contributed by atoms with Gasteiger partial charge in [0.25, 0.3) is 0 Å². The van der Waals surface area contributed by atoms with Gasteiger partial charge in [-0.05, 0) is 18.6 Å². The molecule has 0 amide bonds. The van der Waals surface area contributed by atoms with Crippen LogP contribution in [0, 0.1) is 0 Å². The third-order valence-corrected chi connectivity index (χ3v) is 1.98. The highest BCUT2D eigenvalue weighted by Gasteiger charge is 2.25. The van der Waals surface area contributed by atoms with Crippen molar-refractivity contribution in [2.45, 2.75) is 18.5 Å². The van der Waals surface area contributed by atoms with Crippen LogP contribution in [-0.2, 0) is 0 Å². The van der Waals surface area contributed by atoms with Gasteiger partial charge < -0.3 is 0 Å². The molecule has 0 bridgehead atoms. The van der Waals surface area contributed by atoms with Crippen molar-refractivity contribution in [3.8, 4) is 0 Å². The molecule has 0 saturated heterocycles. The number of allylic oxidation sites excluding steroid dienone is 4. The maximum absolute atomic E-state index is 13.4. The van der Waals surface area contributed by atoms with Crippen molar-refractivity contribution in [1.29, 1.82) is 0 Å². The zero-order valence-corrected chi connectivity index (χ0v) is 7.57. The average Bonchev–Trinajstić information content (AvgIpc) is 1.86. The van der Waals surface area contributed by atoms with Crippen LogP contribution in [-0.4, -0.2) is 11.0 Å². The van der Waals surface area contributed by atoms with E-state index >= 15 is 0 Å². The minimum Gasteiger partial charge on any atom is -0.235 e. The lowest BCUT2D eigenvalue weighted by atomic mass is 9.97. The average molecular weight is 223 g/mol. The van der Waals surface area contributed by atoms with E-state index in [1.807, 2.05) is 0 Å². The van der Waals surface area contributed by atoms with Crippen LogP contribution in [0.1, 0.15) is 12.8 Å². The van der Waals surface area contributed by atoms with Crippen LogP contribution >= 0.6 is 15.9 Å². The van der Waals surface area contributed by atoms with Gasteiger partial charge in [-0.1, -0.05) is 22.0 Å². The Morgan fingerprint density at radius 2 is 2.36 bits per heavy atom. The molecule has 0 aromatic heterocycles. The second-order valence-electron chi connectivity index (χ2n) is 2.56. The number of rotatable bonds is 2. The summed E-state index contributed by atoms with van der Waals surface area (Å²) in [6.45, 7) is 0. The molecule has 1 rings (SSSR count). The topological polar surface area (TPSA) is 0 Å². The Hall–Kier alpha value is -0.180. The van der Waals surface area contributed by atoms with Gasteiger partial charge in [-0.15, -0.1) is 0 Å². The van der Waals surface area contributed by atoms with Crippen molar-refractivity contribution in [2.24, 2.45) is 0 Å². The van der Waals surface area contributed by atoms with Crippen LogP contribution in [0.2, 0.25) is 0 Å². The number of hydrogen-bond acceptors (Lipinski definition) is 0. The molecule has 3 heteroatoms. The van der Waals surface area contributed by atoms with Crippen LogP contribution in [0.3, 0.4) is 0 Å². The van der Waals surface area contributed by atoms with Crippen molar-refractivity contribution in [1.82, 2.24) is 0 Å². The molecule has 0 N–H and O–H groups in total. The molecule has 0 fully saturated rings. The summed E-state index contributed by atoms with van der Waals surface area (Å²) in [5.41, 5.74) is -1.56. The first-order valence-electron chi connectivity index (χ1n) is 3.46. The molecule has 0 aliphatic heterocycles. The van der Waals surface area contributed by atoms with Crippen molar-refractivity contribution in [3.05, 3.63) is 24.1 Å². The van der Waals surface area contributed by atoms with Crippen LogP contribution in [0.25, 0.3) is 0 Å². The molecule has 0 spiro atoms. The number of alkyl halides is 2. The fourth-order valence-corrected chi connectivity index (χ4v) is 1.64. The molecule has 0 nitrogen and oxygen atoms in total. The fourth-order valence-electron chi connectivity index (χ4n) is 1.04. The first-order chi connectivity index (χ1) is 5.16. The third-order valence-electron chi connectivity index (χ3n) is 1.58. The molecule has 1 aliphatic carbocycles. The summed E-state index contributed by atoms with van der Waals surface area (Å²) in [6, 6.07) is 0. The lowest BCUT2D eigenvalue weighted by molar-refractivity contribution is 0.282. The summed E-state index contributed by atoms with van der Waals surface area (Å²) in [7, 11) is 0. The van der Waals surface area contributed by atoms with E-state index in [0.717, 1.165) is 6.08 Å². The molecule has 1 atom stereocenters. The highest BCUT2D eigenvalue weighted by Crippen LogP contribution is 2.28. The van der Waals surface area contributed by atoms with E-state index in [-0.39, 0.29) is 18.7 Å². The maximum atomic E-state index is 13.4. The second kappa shape index (κ2) is 3.48. The Morgan fingerprint density at radius 3 is 2.91 bits per heavy atom. The largest absolute Gasteiger partial charge is 0.235 e. The van der Waals surface area contributed by atoms with Gasteiger partial charge in [0.1, 0.15) is 5.83 Å². The third kappa shape index (κ3) is 2.40. The minimum atomic E-state index is -1.56.